The smallest absolute Gasteiger partial charge is 0.225 e. The SMILES string of the molecule is Cc1ncccc1Oc1ncccc1[C@@H](C)O. The van der Waals surface area contributed by atoms with E-state index in [1.165, 1.54) is 0 Å². The molecule has 0 bridgehead atoms. The summed E-state index contributed by atoms with van der Waals surface area (Å²) < 4.78 is 5.67. The summed E-state index contributed by atoms with van der Waals surface area (Å²) in [5.41, 5.74) is 1.45. The highest BCUT2D eigenvalue weighted by Crippen LogP contribution is 2.28. The highest BCUT2D eigenvalue weighted by atomic mass is 16.5. The number of hydrogen-bond acceptors (Lipinski definition) is 4. The Balaban J connectivity index is 2.34. The molecule has 0 radical (unpaired) electrons. The standard InChI is InChI=1S/C13H14N2O2/c1-9-12(6-4-7-14-9)17-13-11(10(2)16)5-3-8-15-13/h3-8,10,16H,1-2H3/t10-/m1/s1. The van der Waals surface area contributed by atoms with Gasteiger partial charge in [0.2, 0.25) is 5.88 Å². The molecule has 2 heterocycles. The number of rotatable bonds is 3. The molecule has 2 rings (SSSR count). The fourth-order valence-corrected chi connectivity index (χ4v) is 1.49. The maximum Gasteiger partial charge on any atom is 0.225 e. The Hall–Kier alpha value is -1.94. The molecule has 1 N–H and O–H groups in total. The van der Waals surface area contributed by atoms with Crippen LogP contribution in [0.5, 0.6) is 11.6 Å². The predicted molar refractivity (Wildman–Crippen MR) is 63.9 cm³/mol. The third-order valence-corrected chi connectivity index (χ3v) is 2.42. The van der Waals surface area contributed by atoms with Crippen molar-refractivity contribution in [3.05, 3.63) is 47.9 Å². The Morgan fingerprint density at radius 3 is 2.59 bits per heavy atom. The Labute approximate surface area is 99.9 Å². The van der Waals surface area contributed by atoms with E-state index in [4.69, 9.17) is 4.74 Å². The van der Waals surface area contributed by atoms with Gasteiger partial charge in [-0.05, 0) is 38.1 Å². The Morgan fingerprint density at radius 2 is 1.88 bits per heavy atom. The van der Waals surface area contributed by atoms with Crippen LogP contribution in [0.2, 0.25) is 0 Å². The van der Waals surface area contributed by atoms with E-state index >= 15 is 0 Å². The first-order chi connectivity index (χ1) is 8.18. The van der Waals surface area contributed by atoms with Gasteiger partial charge in [0.05, 0.1) is 11.8 Å². The van der Waals surface area contributed by atoms with Crippen LogP contribution in [0.4, 0.5) is 0 Å². The van der Waals surface area contributed by atoms with Crippen LogP contribution in [0.1, 0.15) is 24.3 Å². The summed E-state index contributed by atoms with van der Waals surface area (Å²) >= 11 is 0. The maximum atomic E-state index is 9.62. The number of aromatic nitrogens is 2. The van der Waals surface area contributed by atoms with Gasteiger partial charge in [0.1, 0.15) is 0 Å². The summed E-state index contributed by atoms with van der Waals surface area (Å²) in [6.45, 7) is 3.54. The fourth-order valence-electron chi connectivity index (χ4n) is 1.49. The van der Waals surface area contributed by atoms with Crippen molar-refractivity contribution in [2.45, 2.75) is 20.0 Å². The normalized spacial score (nSPS) is 12.2. The summed E-state index contributed by atoms with van der Waals surface area (Å²) in [6, 6.07) is 7.18. The highest BCUT2D eigenvalue weighted by molar-refractivity contribution is 5.34. The van der Waals surface area contributed by atoms with Crippen molar-refractivity contribution in [1.29, 1.82) is 0 Å². The molecule has 0 saturated heterocycles. The third kappa shape index (κ3) is 2.60. The van der Waals surface area contributed by atoms with E-state index in [9.17, 15) is 5.11 Å². The minimum atomic E-state index is -0.615. The van der Waals surface area contributed by atoms with Gasteiger partial charge in [0.25, 0.3) is 0 Å². The molecule has 0 fully saturated rings. The first-order valence-electron chi connectivity index (χ1n) is 5.41. The van der Waals surface area contributed by atoms with Crippen molar-refractivity contribution in [3.8, 4) is 11.6 Å². The van der Waals surface area contributed by atoms with Crippen LogP contribution in [0.3, 0.4) is 0 Å². The van der Waals surface area contributed by atoms with Crippen LogP contribution in [-0.2, 0) is 0 Å². The molecule has 0 aliphatic heterocycles. The molecule has 17 heavy (non-hydrogen) atoms. The molecule has 0 aliphatic rings. The van der Waals surface area contributed by atoms with Crippen molar-refractivity contribution in [2.75, 3.05) is 0 Å². The average molecular weight is 230 g/mol. The van der Waals surface area contributed by atoms with Crippen molar-refractivity contribution < 1.29 is 9.84 Å². The van der Waals surface area contributed by atoms with Gasteiger partial charge in [-0.1, -0.05) is 0 Å². The number of ether oxygens (including phenoxy) is 1. The second-order valence-corrected chi connectivity index (χ2v) is 3.76. The monoisotopic (exact) mass is 230 g/mol. The largest absolute Gasteiger partial charge is 0.437 e. The zero-order chi connectivity index (χ0) is 12.3. The number of aliphatic hydroxyl groups is 1. The lowest BCUT2D eigenvalue weighted by atomic mass is 10.2. The van der Waals surface area contributed by atoms with Gasteiger partial charge in [0.15, 0.2) is 5.75 Å². The second-order valence-electron chi connectivity index (χ2n) is 3.76. The second kappa shape index (κ2) is 4.93. The summed E-state index contributed by atoms with van der Waals surface area (Å²) in [5.74, 6) is 1.06. The average Bonchev–Trinajstić information content (AvgIpc) is 2.32. The van der Waals surface area contributed by atoms with Gasteiger partial charge in [-0.3, -0.25) is 4.98 Å². The lowest BCUT2D eigenvalue weighted by Crippen LogP contribution is -1.99. The van der Waals surface area contributed by atoms with E-state index in [1.54, 1.807) is 37.5 Å². The van der Waals surface area contributed by atoms with E-state index in [0.29, 0.717) is 17.2 Å². The van der Waals surface area contributed by atoms with Crippen molar-refractivity contribution in [1.82, 2.24) is 9.97 Å². The number of nitrogens with zero attached hydrogens (tertiary/aromatic N) is 2. The van der Waals surface area contributed by atoms with Gasteiger partial charge in [-0.25, -0.2) is 4.98 Å². The van der Waals surface area contributed by atoms with Crippen LogP contribution < -0.4 is 4.74 Å². The van der Waals surface area contributed by atoms with Crippen LogP contribution in [0.25, 0.3) is 0 Å². The minimum Gasteiger partial charge on any atom is -0.437 e. The zero-order valence-corrected chi connectivity index (χ0v) is 9.79. The van der Waals surface area contributed by atoms with E-state index in [2.05, 4.69) is 9.97 Å². The van der Waals surface area contributed by atoms with Crippen molar-refractivity contribution in [3.63, 3.8) is 0 Å². The summed E-state index contributed by atoms with van der Waals surface area (Å²) in [6.07, 6.45) is 2.72. The molecule has 0 aliphatic carbocycles. The number of hydrogen-bond donors (Lipinski definition) is 1. The summed E-state index contributed by atoms with van der Waals surface area (Å²) in [7, 11) is 0. The first kappa shape index (κ1) is 11.5. The topological polar surface area (TPSA) is 55.2 Å². The molecule has 0 unspecified atom stereocenters. The van der Waals surface area contributed by atoms with Crippen molar-refractivity contribution in [2.24, 2.45) is 0 Å². The quantitative estimate of drug-likeness (QED) is 0.880. The number of aryl methyl sites for hydroxylation is 1. The highest BCUT2D eigenvalue weighted by Gasteiger charge is 2.11. The molecule has 4 heteroatoms. The number of pyridine rings is 2. The first-order valence-corrected chi connectivity index (χ1v) is 5.41. The third-order valence-electron chi connectivity index (χ3n) is 2.42. The van der Waals surface area contributed by atoms with Gasteiger partial charge < -0.3 is 9.84 Å². The fraction of sp³-hybridized carbons (Fsp3) is 0.231. The Morgan fingerprint density at radius 1 is 1.18 bits per heavy atom. The van der Waals surface area contributed by atoms with E-state index in [1.807, 2.05) is 13.0 Å². The minimum absolute atomic E-state index is 0.415. The Bertz CT molecular complexity index is 512. The lowest BCUT2D eigenvalue weighted by Gasteiger charge is -2.12. The summed E-state index contributed by atoms with van der Waals surface area (Å²) in [4.78, 5) is 8.26. The van der Waals surface area contributed by atoms with Crippen LogP contribution in [-0.4, -0.2) is 15.1 Å². The van der Waals surface area contributed by atoms with Gasteiger partial charge in [-0.15, -0.1) is 0 Å². The van der Waals surface area contributed by atoms with Gasteiger partial charge >= 0.3 is 0 Å². The lowest BCUT2D eigenvalue weighted by molar-refractivity contribution is 0.194. The molecule has 2 aromatic heterocycles. The van der Waals surface area contributed by atoms with Crippen molar-refractivity contribution >= 4 is 0 Å². The number of aliphatic hydroxyl groups excluding tert-OH is 1. The van der Waals surface area contributed by atoms with Crippen LogP contribution in [0, 0.1) is 6.92 Å². The molecular formula is C13H14N2O2. The van der Waals surface area contributed by atoms with E-state index in [0.717, 1.165) is 5.69 Å². The van der Waals surface area contributed by atoms with E-state index in [-0.39, 0.29) is 0 Å². The molecule has 0 spiro atoms. The Kier molecular flexibility index (Phi) is 3.35. The van der Waals surface area contributed by atoms with Crippen LogP contribution >= 0.6 is 0 Å². The molecular weight excluding hydrogens is 216 g/mol. The molecule has 88 valence electrons. The molecule has 2 aromatic rings. The molecule has 1 atom stereocenters. The van der Waals surface area contributed by atoms with Gasteiger partial charge in [0, 0.05) is 18.0 Å². The molecule has 0 saturated carbocycles. The molecule has 0 amide bonds. The van der Waals surface area contributed by atoms with Gasteiger partial charge in [-0.2, -0.15) is 0 Å². The molecule has 4 nitrogen and oxygen atoms in total. The maximum absolute atomic E-state index is 9.62. The molecule has 0 aromatic carbocycles. The van der Waals surface area contributed by atoms with Crippen LogP contribution in [0.15, 0.2) is 36.7 Å². The van der Waals surface area contributed by atoms with E-state index < -0.39 is 6.10 Å². The zero-order valence-electron chi connectivity index (χ0n) is 9.79. The summed E-state index contributed by atoms with van der Waals surface area (Å²) in [5, 5.41) is 9.62. The predicted octanol–water partition coefficient (Wildman–Crippen LogP) is 2.63.